The first-order chi connectivity index (χ1) is 5.48. The number of hydrogen-bond donors (Lipinski definition) is 1. The van der Waals surface area contributed by atoms with Gasteiger partial charge < -0.3 is 19.0 Å². The van der Waals surface area contributed by atoms with E-state index in [0.29, 0.717) is 0 Å². The zero-order valence-electron chi connectivity index (χ0n) is 6.60. The van der Waals surface area contributed by atoms with Gasteiger partial charge in [0.05, 0.1) is 19.3 Å². The summed E-state index contributed by atoms with van der Waals surface area (Å²) in [4.78, 5) is 10.6. The Morgan fingerprint density at radius 2 is 2.25 bits per heavy atom. The van der Waals surface area contributed by atoms with E-state index in [2.05, 4.69) is 9.05 Å². The second-order valence-corrected chi connectivity index (χ2v) is 3.53. The third kappa shape index (κ3) is 6.69. The first-order valence-electron chi connectivity index (χ1n) is 3.32. The molecule has 0 rings (SSSR count). The van der Waals surface area contributed by atoms with E-state index in [-0.39, 0.29) is 6.61 Å². The minimum absolute atomic E-state index is 0.382. The average molecular weight is 201 g/mol. The Labute approximate surface area is 69.7 Å². The van der Waals surface area contributed by atoms with Crippen LogP contribution in [0.4, 0.5) is 4.39 Å². The molecular weight excluding hydrogens is 190 g/mol. The summed E-state index contributed by atoms with van der Waals surface area (Å²) >= 11 is 0. The third-order valence-corrected chi connectivity index (χ3v) is 1.76. The Bertz CT molecular complexity index is 162. The second kappa shape index (κ2) is 5.61. The van der Waals surface area contributed by atoms with Crippen molar-refractivity contribution in [2.75, 3.05) is 19.9 Å². The lowest BCUT2D eigenvalue weighted by atomic mass is 10.5. The number of alkyl halides is 1. The molecule has 0 saturated carbocycles. The Morgan fingerprint density at radius 3 is 2.67 bits per heavy atom. The van der Waals surface area contributed by atoms with Gasteiger partial charge in [-0.3, -0.25) is 4.57 Å². The molecule has 2 atom stereocenters. The lowest BCUT2D eigenvalue weighted by Crippen LogP contribution is -2.16. The minimum Gasteiger partial charge on any atom is -0.756 e. The fourth-order valence-electron chi connectivity index (χ4n) is 0.383. The summed E-state index contributed by atoms with van der Waals surface area (Å²) in [6.45, 7) is -0.479. The molecule has 74 valence electrons. The molecule has 0 fully saturated rings. The van der Waals surface area contributed by atoms with Gasteiger partial charge in [-0.2, -0.15) is 0 Å². The molecule has 0 bridgehead atoms. The lowest BCUT2D eigenvalue weighted by Gasteiger charge is -2.22. The number of aliphatic hydroxyl groups is 1. The van der Waals surface area contributed by atoms with Crippen LogP contribution in [-0.4, -0.2) is 31.1 Å². The van der Waals surface area contributed by atoms with E-state index < -0.39 is 27.2 Å². The SMILES string of the molecule is CC(O)COP(=O)([O-])OCCF. The van der Waals surface area contributed by atoms with E-state index in [1.807, 2.05) is 0 Å². The van der Waals surface area contributed by atoms with Gasteiger partial charge in [0.1, 0.15) is 6.67 Å². The maximum Gasteiger partial charge on any atom is 0.268 e. The van der Waals surface area contributed by atoms with Gasteiger partial charge in [0.25, 0.3) is 7.82 Å². The zero-order chi connectivity index (χ0) is 9.61. The molecule has 0 aliphatic rings. The first kappa shape index (κ1) is 12.0. The molecule has 2 unspecified atom stereocenters. The highest BCUT2D eigenvalue weighted by Gasteiger charge is 2.09. The molecule has 0 radical (unpaired) electrons. The highest BCUT2D eigenvalue weighted by molar-refractivity contribution is 7.45. The van der Waals surface area contributed by atoms with Crippen LogP contribution in [0.1, 0.15) is 6.92 Å². The van der Waals surface area contributed by atoms with Gasteiger partial charge in [0.2, 0.25) is 0 Å². The van der Waals surface area contributed by atoms with E-state index >= 15 is 0 Å². The Kier molecular flexibility index (Phi) is 5.61. The molecule has 5 nitrogen and oxygen atoms in total. The van der Waals surface area contributed by atoms with E-state index in [4.69, 9.17) is 5.11 Å². The van der Waals surface area contributed by atoms with Crippen LogP contribution < -0.4 is 4.89 Å². The molecular formula is C5H11FO5P-. The van der Waals surface area contributed by atoms with Crippen molar-refractivity contribution < 1.29 is 28.0 Å². The highest BCUT2D eigenvalue weighted by Crippen LogP contribution is 2.37. The van der Waals surface area contributed by atoms with Gasteiger partial charge in [0, 0.05) is 0 Å². The van der Waals surface area contributed by atoms with Crippen molar-refractivity contribution in [1.82, 2.24) is 0 Å². The number of rotatable bonds is 6. The van der Waals surface area contributed by atoms with Crippen LogP contribution in [0.2, 0.25) is 0 Å². The summed E-state index contributed by atoms with van der Waals surface area (Å²) in [5.41, 5.74) is 0. The minimum atomic E-state index is -4.41. The fraction of sp³-hybridized carbons (Fsp3) is 1.00. The smallest absolute Gasteiger partial charge is 0.268 e. The molecule has 7 heteroatoms. The Morgan fingerprint density at radius 1 is 1.67 bits per heavy atom. The average Bonchev–Trinajstić information content (AvgIpc) is 1.98. The Hall–Kier alpha value is -0.0000000000000000555. The molecule has 0 aliphatic heterocycles. The lowest BCUT2D eigenvalue weighted by molar-refractivity contribution is -0.227. The standard InChI is InChI=1S/C5H12FO5P/c1-5(7)4-11-12(8,9)10-3-2-6/h5,7H,2-4H2,1H3,(H,8,9)/p-1. The number of phosphoric ester groups is 1. The first-order valence-corrected chi connectivity index (χ1v) is 4.78. The van der Waals surface area contributed by atoms with Crippen LogP contribution in [0.3, 0.4) is 0 Å². The van der Waals surface area contributed by atoms with Crippen molar-refractivity contribution >= 4 is 7.82 Å². The van der Waals surface area contributed by atoms with Crippen molar-refractivity contribution in [2.45, 2.75) is 13.0 Å². The van der Waals surface area contributed by atoms with Gasteiger partial charge >= 0.3 is 0 Å². The van der Waals surface area contributed by atoms with Gasteiger partial charge in [-0.25, -0.2) is 4.39 Å². The normalized spacial score (nSPS) is 18.7. The van der Waals surface area contributed by atoms with Crippen molar-refractivity contribution in [1.29, 1.82) is 0 Å². The number of halogens is 1. The monoisotopic (exact) mass is 201 g/mol. The van der Waals surface area contributed by atoms with E-state index in [1.54, 1.807) is 0 Å². The summed E-state index contributed by atoms with van der Waals surface area (Å²) < 4.78 is 30.2. The van der Waals surface area contributed by atoms with Crippen LogP contribution in [0.5, 0.6) is 0 Å². The molecule has 0 spiro atoms. The van der Waals surface area contributed by atoms with Crippen molar-refractivity contribution in [3.8, 4) is 0 Å². The molecule has 12 heavy (non-hydrogen) atoms. The third-order valence-electron chi connectivity index (χ3n) is 0.800. The maximum absolute atomic E-state index is 11.4. The maximum atomic E-state index is 11.4. The summed E-state index contributed by atoms with van der Waals surface area (Å²) in [5.74, 6) is 0. The molecule has 1 N–H and O–H groups in total. The zero-order valence-corrected chi connectivity index (χ0v) is 7.50. The van der Waals surface area contributed by atoms with Crippen LogP contribution in [0.15, 0.2) is 0 Å². The van der Waals surface area contributed by atoms with Crippen LogP contribution in [0.25, 0.3) is 0 Å². The molecule has 0 heterocycles. The van der Waals surface area contributed by atoms with E-state index in [0.717, 1.165) is 0 Å². The van der Waals surface area contributed by atoms with Gasteiger partial charge in [-0.1, -0.05) is 0 Å². The van der Waals surface area contributed by atoms with Crippen molar-refractivity contribution in [3.05, 3.63) is 0 Å². The van der Waals surface area contributed by atoms with Gasteiger partial charge in [0.15, 0.2) is 0 Å². The van der Waals surface area contributed by atoms with E-state index in [1.165, 1.54) is 6.92 Å². The second-order valence-electron chi connectivity index (χ2n) is 2.11. The Balaban J connectivity index is 3.64. The van der Waals surface area contributed by atoms with Crippen molar-refractivity contribution in [2.24, 2.45) is 0 Å². The number of phosphoric acid groups is 1. The van der Waals surface area contributed by atoms with Crippen LogP contribution in [-0.2, 0) is 13.6 Å². The van der Waals surface area contributed by atoms with Gasteiger partial charge in [-0.15, -0.1) is 0 Å². The summed E-state index contributed by atoms with van der Waals surface area (Å²) in [6, 6.07) is 0. The molecule has 0 aromatic heterocycles. The van der Waals surface area contributed by atoms with Crippen LogP contribution in [0, 0.1) is 0 Å². The predicted octanol–water partition coefficient (Wildman–Crippen LogP) is -0.162. The quantitative estimate of drug-likeness (QED) is 0.604. The summed E-state index contributed by atoms with van der Waals surface area (Å²) in [6.07, 6.45) is -0.902. The van der Waals surface area contributed by atoms with Crippen molar-refractivity contribution in [3.63, 3.8) is 0 Å². The molecule has 0 amide bonds. The predicted molar refractivity (Wildman–Crippen MR) is 37.2 cm³/mol. The number of hydrogen-bond acceptors (Lipinski definition) is 5. The summed E-state index contributed by atoms with van der Waals surface area (Å²) in [5, 5.41) is 8.63. The molecule has 0 aliphatic carbocycles. The largest absolute Gasteiger partial charge is 0.756 e. The topological polar surface area (TPSA) is 78.8 Å². The molecule has 0 aromatic rings. The molecule has 0 saturated heterocycles. The van der Waals surface area contributed by atoms with Gasteiger partial charge in [-0.05, 0) is 6.92 Å². The van der Waals surface area contributed by atoms with Crippen LogP contribution >= 0.6 is 7.82 Å². The fourth-order valence-corrected chi connectivity index (χ4v) is 1.15. The molecule has 0 aromatic carbocycles. The van der Waals surface area contributed by atoms with E-state index in [9.17, 15) is 13.8 Å². The summed E-state index contributed by atoms with van der Waals surface area (Å²) in [7, 11) is -4.41. The number of aliphatic hydroxyl groups excluding tert-OH is 1. The highest BCUT2D eigenvalue weighted by atomic mass is 31.2.